The van der Waals surface area contributed by atoms with Crippen LogP contribution in [0.5, 0.6) is 0 Å². The van der Waals surface area contributed by atoms with Crippen LogP contribution in [-0.4, -0.2) is 36.5 Å². The van der Waals surface area contributed by atoms with E-state index in [4.69, 9.17) is 0 Å². The first kappa shape index (κ1) is 11.5. The van der Waals surface area contributed by atoms with E-state index in [1.54, 1.807) is 0 Å². The van der Waals surface area contributed by atoms with E-state index in [1.807, 2.05) is 18.9 Å². The zero-order chi connectivity index (χ0) is 10.6. The molecule has 1 amide bonds. The van der Waals surface area contributed by atoms with Gasteiger partial charge in [-0.05, 0) is 32.7 Å². The lowest BCUT2D eigenvalue weighted by Crippen LogP contribution is -2.53. The summed E-state index contributed by atoms with van der Waals surface area (Å²) >= 11 is 0. The van der Waals surface area contributed by atoms with Crippen LogP contribution in [-0.2, 0) is 4.79 Å². The molecule has 1 fully saturated rings. The van der Waals surface area contributed by atoms with Gasteiger partial charge in [0.15, 0.2) is 0 Å². The van der Waals surface area contributed by atoms with Gasteiger partial charge in [0.05, 0.1) is 5.54 Å². The standard InChI is InChI=1S/C11H22N2O/c1-4-7-11(8-6-9-12-11)10(14)13(3)5-2/h12H,4-9H2,1-3H3. The number of carbonyl (C=O) groups is 1. The number of rotatable bonds is 4. The van der Waals surface area contributed by atoms with E-state index in [9.17, 15) is 4.79 Å². The van der Waals surface area contributed by atoms with Crippen molar-refractivity contribution in [3.63, 3.8) is 0 Å². The van der Waals surface area contributed by atoms with Gasteiger partial charge in [-0.3, -0.25) is 4.79 Å². The molecule has 1 rings (SSSR count). The Morgan fingerprint density at radius 1 is 1.50 bits per heavy atom. The summed E-state index contributed by atoms with van der Waals surface area (Å²) in [7, 11) is 1.89. The highest BCUT2D eigenvalue weighted by atomic mass is 16.2. The fourth-order valence-electron chi connectivity index (χ4n) is 2.24. The van der Waals surface area contributed by atoms with Crippen molar-refractivity contribution in [2.45, 2.75) is 45.1 Å². The third-order valence-corrected chi connectivity index (χ3v) is 3.15. The van der Waals surface area contributed by atoms with Crippen LogP contribution in [0, 0.1) is 0 Å². The number of amides is 1. The monoisotopic (exact) mass is 198 g/mol. The quantitative estimate of drug-likeness (QED) is 0.740. The second-order valence-corrected chi connectivity index (χ2v) is 4.18. The Balaban J connectivity index is 2.71. The van der Waals surface area contributed by atoms with Crippen LogP contribution < -0.4 is 5.32 Å². The molecule has 0 bridgehead atoms. The lowest BCUT2D eigenvalue weighted by atomic mass is 9.90. The Labute approximate surface area is 86.9 Å². The van der Waals surface area contributed by atoms with E-state index in [0.29, 0.717) is 0 Å². The molecule has 1 N–H and O–H groups in total. The number of hydrogen-bond acceptors (Lipinski definition) is 2. The van der Waals surface area contributed by atoms with Crippen molar-refractivity contribution in [3.05, 3.63) is 0 Å². The van der Waals surface area contributed by atoms with E-state index in [0.717, 1.165) is 38.8 Å². The topological polar surface area (TPSA) is 32.3 Å². The predicted octanol–water partition coefficient (Wildman–Crippen LogP) is 1.39. The molecule has 1 atom stereocenters. The summed E-state index contributed by atoms with van der Waals surface area (Å²) in [6.45, 7) is 5.95. The van der Waals surface area contributed by atoms with Crippen LogP contribution in [0.1, 0.15) is 39.5 Å². The average Bonchev–Trinajstić information content (AvgIpc) is 2.66. The molecule has 0 aromatic carbocycles. The Morgan fingerprint density at radius 2 is 2.21 bits per heavy atom. The first-order valence-electron chi connectivity index (χ1n) is 5.67. The fourth-order valence-corrected chi connectivity index (χ4v) is 2.24. The van der Waals surface area contributed by atoms with Crippen molar-refractivity contribution in [3.8, 4) is 0 Å². The molecule has 82 valence electrons. The predicted molar refractivity (Wildman–Crippen MR) is 58.2 cm³/mol. The summed E-state index contributed by atoms with van der Waals surface area (Å²) in [5.41, 5.74) is -0.237. The van der Waals surface area contributed by atoms with Gasteiger partial charge in [0.2, 0.25) is 5.91 Å². The van der Waals surface area contributed by atoms with Crippen LogP contribution in [0.15, 0.2) is 0 Å². The molecule has 14 heavy (non-hydrogen) atoms. The average molecular weight is 198 g/mol. The fraction of sp³-hybridized carbons (Fsp3) is 0.909. The summed E-state index contributed by atoms with van der Waals surface area (Å²) in [4.78, 5) is 14.0. The maximum Gasteiger partial charge on any atom is 0.242 e. The third-order valence-electron chi connectivity index (χ3n) is 3.15. The lowest BCUT2D eigenvalue weighted by Gasteiger charge is -2.32. The van der Waals surface area contributed by atoms with Crippen molar-refractivity contribution in [2.75, 3.05) is 20.1 Å². The zero-order valence-corrected chi connectivity index (χ0v) is 9.60. The van der Waals surface area contributed by atoms with Gasteiger partial charge >= 0.3 is 0 Å². The van der Waals surface area contributed by atoms with Gasteiger partial charge in [0.25, 0.3) is 0 Å². The molecule has 1 unspecified atom stereocenters. The smallest absolute Gasteiger partial charge is 0.242 e. The summed E-state index contributed by atoms with van der Waals surface area (Å²) < 4.78 is 0. The van der Waals surface area contributed by atoms with Crippen molar-refractivity contribution >= 4 is 5.91 Å². The summed E-state index contributed by atoms with van der Waals surface area (Å²) in [6.07, 6.45) is 4.17. The number of likely N-dealkylation sites (N-methyl/N-ethyl adjacent to an activating group) is 1. The van der Waals surface area contributed by atoms with Crippen LogP contribution in [0.2, 0.25) is 0 Å². The molecule has 1 aliphatic rings. The highest BCUT2D eigenvalue weighted by Gasteiger charge is 2.41. The number of nitrogens with one attached hydrogen (secondary N) is 1. The summed E-state index contributed by atoms with van der Waals surface area (Å²) in [6, 6.07) is 0. The number of carbonyl (C=O) groups excluding carboxylic acids is 1. The maximum absolute atomic E-state index is 12.2. The SMILES string of the molecule is CCCC1(C(=O)N(C)CC)CCCN1. The molecule has 0 radical (unpaired) electrons. The summed E-state index contributed by atoms with van der Waals surface area (Å²) in [5.74, 6) is 0.277. The molecular weight excluding hydrogens is 176 g/mol. The molecule has 3 heteroatoms. The Kier molecular flexibility index (Phi) is 3.93. The minimum Gasteiger partial charge on any atom is -0.344 e. The Morgan fingerprint density at radius 3 is 2.64 bits per heavy atom. The van der Waals surface area contributed by atoms with Crippen molar-refractivity contribution in [1.29, 1.82) is 0 Å². The molecule has 0 aromatic heterocycles. The van der Waals surface area contributed by atoms with E-state index >= 15 is 0 Å². The van der Waals surface area contributed by atoms with Crippen LogP contribution in [0.25, 0.3) is 0 Å². The lowest BCUT2D eigenvalue weighted by molar-refractivity contribution is -0.136. The molecule has 1 heterocycles. The van der Waals surface area contributed by atoms with Crippen LogP contribution in [0.3, 0.4) is 0 Å². The molecule has 1 saturated heterocycles. The van der Waals surface area contributed by atoms with E-state index in [-0.39, 0.29) is 11.4 Å². The minimum atomic E-state index is -0.237. The van der Waals surface area contributed by atoms with Gasteiger partial charge in [-0.1, -0.05) is 13.3 Å². The number of hydrogen-bond donors (Lipinski definition) is 1. The van der Waals surface area contributed by atoms with Crippen LogP contribution in [0.4, 0.5) is 0 Å². The molecule has 1 aliphatic heterocycles. The largest absolute Gasteiger partial charge is 0.344 e. The van der Waals surface area contributed by atoms with Gasteiger partial charge in [0.1, 0.15) is 0 Å². The van der Waals surface area contributed by atoms with E-state index in [1.165, 1.54) is 0 Å². The molecule has 3 nitrogen and oxygen atoms in total. The van der Waals surface area contributed by atoms with Crippen molar-refractivity contribution < 1.29 is 4.79 Å². The maximum atomic E-state index is 12.2. The van der Waals surface area contributed by atoms with E-state index < -0.39 is 0 Å². The second kappa shape index (κ2) is 4.78. The molecular formula is C11H22N2O. The van der Waals surface area contributed by atoms with Gasteiger partial charge in [-0.25, -0.2) is 0 Å². The van der Waals surface area contributed by atoms with Crippen LogP contribution >= 0.6 is 0 Å². The van der Waals surface area contributed by atoms with Gasteiger partial charge in [-0.2, -0.15) is 0 Å². The van der Waals surface area contributed by atoms with Crippen molar-refractivity contribution in [1.82, 2.24) is 10.2 Å². The van der Waals surface area contributed by atoms with Gasteiger partial charge in [-0.15, -0.1) is 0 Å². The normalized spacial score (nSPS) is 26.5. The van der Waals surface area contributed by atoms with Crippen molar-refractivity contribution in [2.24, 2.45) is 0 Å². The minimum absolute atomic E-state index is 0.237. The zero-order valence-electron chi connectivity index (χ0n) is 9.60. The Hall–Kier alpha value is -0.570. The molecule has 0 spiro atoms. The third kappa shape index (κ3) is 2.08. The second-order valence-electron chi connectivity index (χ2n) is 4.18. The molecule has 0 aromatic rings. The summed E-state index contributed by atoms with van der Waals surface area (Å²) in [5, 5.41) is 3.39. The van der Waals surface area contributed by atoms with Gasteiger partial charge < -0.3 is 10.2 Å². The Bertz CT molecular complexity index is 197. The highest BCUT2D eigenvalue weighted by Crippen LogP contribution is 2.26. The first-order valence-corrected chi connectivity index (χ1v) is 5.67. The van der Waals surface area contributed by atoms with E-state index in [2.05, 4.69) is 12.2 Å². The number of nitrogens with zero attached hydrogens (tertiary/aromatic N) is 1. The molecule has 0 aliphatic carbocycles. The first-order chi connectivity index (χ1) is 6.66. The van der Waals surface area contributed by atoms with Gasteiger partial charge in [0, 0.05) is 13.6 Å². The highest BCUT2D eigenvalue weighted by molar-refractivity contribution is 5.86. The molecule has 0 saturated carbocycles.